The molecule has 2 fully saturated rings. The molecule has 1 saturated heterocycles. The molecule has 27 heavy (non-hydrogen) atoms. The van der Waals surface area contributed by atoms with Crippen molar-refractivity contribution in [3.8, 4) is 0 Å². The van der Waals surface area contributed by atoms with Gasteiger partial charge in [0.2, 0.25) is 5.91 Å². The number of hydrogen-bond donors (Lipinski definition) is 1. The van der Waals surface area contributed by atoms with E-state index >= 15 is 0 Å². The van der Waals surface area contributed by atoms with Gasteiger partial charge in [0, 0.05) is 44.3 Å². The van der Waals surface area contributed by atoms with Crippen molar-refractivity contribution in [1.82, 2.24) is 25.0 Å². The number of aromatic nitrogens is 3. The summed E-state index contributed by atoms with van der Waals surface area (Å²) in [5, 5.41) is 7.14. The van der Waals surface area contributed by atoms with Crippen molar-refractivity contribution in [2.45, 2.75) is 38.1 Å². The van der Waals surface area contributed by atoms with E-state index in [1.807, 2.05) is 23.1 Å². The summed E-state index contributed by atoms with van der Waals surface area (Å²) in [5.41, 5.74) is 1.72. The monoisotopic (exact) mass is 367 g/mol. The third-order valence-corrected chi connectivity index (χ3v) is 5.90. The molecule has 2 aromatic rings. The Bertz CT molecular complexity index is 816. The first-order chi connectivity index (χ1) is 13.0. The topological polar surface area (TPSA) is 80.1 Å². The predicted octanol–water partition coefficient (Wildman–Crippen LogP) is 1.56. The molecule has 7 nitrogen and oxygen atoms in total. The number of nitrogens with zero attached hydrogens (tertiary/aromatic N) is 4. The third-order valence-electron chi connectivity index (χ3n) is 5.90. The summed E-state index contributed by atoms with van der Waals surface area (Å²) in [5.74, 6) is 0.107. The van der Waals surface area contributed by atoms with E-state index in [1.165, 1.54) is 0 Å². The lowest BCUT2D eigenvalue weighted by Gasteiger charge is -2.52. The number of carbonyl (C=O) groups is 2. The lowest BCUT2D eigenvalue weighted by molar-refractivity contribution is -0.134. The van der Waals surface area contributed by atoms with Crippen LogP contribution in [-0.4, -0.2) is 50.6 Å². The van der Waals surface area contributed by atoms with Crippen LogP contribution in [0.25, 0.3) is 0 Å². The number of aryl methyl sites for hydroxylation is 1. The van der Waals surface area contributed by atoms with Crippen molar-refractivity contribution in [2.24, 2.45) is 12.5 Å². The van der Waals surface area contributed by atoms with E-state index in [9.17, 15) is 9.59 Å². The summed E-state index contributed by atoms with van der Waals surface area (Å²) in [7, 11) is 1.80. The van der Waals surface area contributed by atoms with Crippen LogP contribution in [0.5, 0.6) is 0 Å². The molecule has 2 amide bonds. The Balaban J connectivity index is 1.23. The molecule has 3 heterocycles. The molecule has 0 unspecified atom stereocenters. The molecule has 0 bridgehead atoms. The number of carbonyl (C=O) groups excluding carboxylic acids is 2. The SMILES string of the molecule is Cn1cc(C(=O)NC2CC3(CCN(C(=O)Cc4ccccn4)CC3)C2)cn1. The van der Waals surface area contributed by atoms with Crippen molar-refractivity contribution < 1.29 is 9.59 Å². The molecule has 142 valence electrons. The minimum atomic E-state index is -0.0501. The number of hydrogen-bond acceptors (Lipinski definition) is 4. The number of rotatable bonds is 4. The van der Waals surface area contributed by atoms with Gasteiger partial charge in [-0.2, -0.15) is 5.10 Å². The van der Waals surface area contributed by atoms with Crippen LogP contribution in [0.1, 0.15) is 41.7 Å². The van der Waals surface area contributed by atoms with Crippen LogP contribution in [-0.2, 0) is 18.3 Å². The number of pyridine rings is 1. The Morgan fingerprint density at radius 2 is 2.04 bits per heavy atom. The standard InChI is InChI=1S/C20H25N5O2/c1-24-14-15(13-22-24)19(27)23-17-11-20(12-17)5-8-25(9-6-20)18(26)10-16-4-2-3-7-21-16/h2-4,7,13-14,17H,5-6,8-12H2,1H3,(H,23,27). The first-order valence-corrected chi connectivity index (χ1v) is 9.50. The normalized spacial score (nSPS) is 18.9. The molecule has 1 N–H and O–H groups in total. The second kappa shape index (κ2) is 7.13. The van der Waals surface area contributed by atoms with Crippen LogP contribution in [0.15, 0.2) is 36.8 Å². The molecule has 1 spiro atoms. The molecular formula is C20H25N5O2. The Hall–Kier alpha value is -2.70. The Kier molecular flexibility index (Phi) is 4.68. The maximum absolute atomic E-state index is 12.5. The van der Waals surface area contributed by atoms with Gasteiger partial charge in [-0.05, 0) is 43.2 Å². The molecular weight excluding hydrogens is 342 g/mol. The van der Waals surface area contributed by atoms with Gasteiger partial charge in [0.1, 0.15) is 0 Å². The predicted molar refractivity (Wildman–Crippen MR) is 99.9 cm³/mol. The maximum Gasteiger partial charge on any atom is 0.254 e. The molecule has 1 saturated carbocycles. The van der Waals surface area contributed by atoms with Gasteiger partial charge in [-0.3, -0.25) is 19.3 Å². The van der Waals surface area contributed by atoms with Crippen molar-refractivity contribution in [3.63, 3.8) is 0 Å². The van der Waals surface area contributed by atoms with Crippen LogP contribution < -0.4 is 5.32 Å². The number of nitrogens with one attached hydrogen (secondary N) is 1. The van der Waals surface area contributed by atoms with E-state index in [2.05, 4.69) is 15.4 Å². The number of likely N-dealkylation sites (tertiary alicyclic amines) is 1. The Morgan fingerprint density at radius 1 is 1.26 bits per heavy atom. The summed E-state index contributed by atoms with van der Waals surface area (Å²) in [6, 6.07) is 5.90. The average molecular weight is 367 g/mol. The van der Waals surface area contributed by atoms with Gasteiger partial charge < -0.3 is 10.2 Å². The van der Waals surface area contributed by atoms with E-state index in [-0.39, 0.29) is 23.3 Å². The molecule has 4 rings (SSSR count). The first kappa shape index (κ1) is 17.7. The molecule has 1 aliphatic carbocycles. The highest BCUT2D eigenvalue weighted by Gasteiger charge is 2.46. The Labute approximate surface area is 158 Å². The van der Waals surface area contributed by atoms with Gasteiger partial charge in [0.15, 0.2) is 0 Å². The maximum atomic E-state index is 12.5. The van der Waals surface area contributed by atoms with Gasteiger partial charge in [0.05, 0.1) is 18.2 Å². The van der Waals surface area contributed by atoms with E-state index in [0.717, 1.165) is 44.5 Å². The molecule has 2 aromatic heterocycles. The lowest BCUT2D eigenvalue weighted by atomic mass is 9.60. The average Bonchev–Trinajstić information content (AvgIpc) is 3.08. The minimum Gasteiger partial charge on any atom is -0.349 e. The molecule has 1 aliphatic heterocycles. The van der Waals surface area contributed by atoms with Gasteiger partial charge >= 0.3 is 0 Å². The van der Waals surface area contributed by atoms with Crippen molar-refractivity contribution >= 4 is 11.8 Å². The van der Waals surface area contributed by atoms with E-state index in [1.54, 1.807) is 30.3 Å². The smallest absolute Gasteiger partial charge is 0.254 e. The van der Waals surface area contributed by atoms with Crippen molar-refractivity contribution in [2.75, 3.05) is 13.1 Å². The van der Waals surface area contributed by atoms with Crippen molar-refractivity contribution in [1.29, 1.82) is 0 Å². The van der Waals surface area contributed by atoms with Crippen LogP contribution in [0, 0.1) is 5.41 Å². The number of piperidine rings is 1. The van der Waals surface area contributed by atoms with Gasteiger partial charge in [-0.15, -0.1) is 0 Å². The Morgan fingerprint density at radius 3 is 2.67 bits per heavy atom. The van der Waals surface area contributed by atoms with Crippen LogP contribution in [0.4, 0.5) is 0 Å². The fraction of sp³-hybridized carbons (Fsp3) is 0.500. The van der Waals surface area contributed by atoms with E-state index in [0.29, 0.717) is 12.0 Å². The highest BCUT2D eigenvalue weighted by molar-refractivity contribution is 5.93. The zero-order valence-corrected chi connectivity index (χ0v) is 15.6. The van der Waals surface area contributed by atoms with Crippen LogP contribution in [0.2, 0.25) is 0 Å². The molecule has 2 aliphatic rings. The van der Waals surface area contributed by atoms with E-state index in [4.69, 9.17) is 0 Å². The minimum absolute atomic E-state index is 0.0501. The second-order valence-corrected chi connectivity index (χ2v) is 7.86. The summed E-state index contributed by atoms with van der Waals surface area (Å²) in [6.45, 7) is 1.60. The zero-order valence-electron chi connectivity index (χ0n) is 15.6. The zero-order chi connectivity index (χ0) is 18.9. The molecule has 7 heteroatoms. The summed E-state index contributed by atoms with van der Waals surface area (Å²) in [4.78, 5) is 30.9. The molecule has 0 atom stereocenters. The summed E-state index contributed by atoms with van der Waals surface area (Å²) < 4.78 is 1.63. The highest BCUT2D eigenvalue weighted by atomic mass is 16.2. The largest absolute Gasteiger partial charge is 0.349 e. The van der Waals surface area contributed by atoms with Gasteiger partial charge in [0.25, 0.3) is 5.91 Å². The summed E-state index contributed by atoms with van der Waals surface area (Å²) >= 11 is 0. The number of amides is 2. The van der Waals surface area contributed by atoms with E-state index < -0.39 is 0 Å². The van der Waals surface area contributed by atoms with Crippen LogP contribution in [0.3, 0.4) is 0 Å². The fourth-order valence-corrected chi connectivity index (χ4v) is 4.30. The molecule has 0 radical (unpaired) electrons. The second-order valence-electron chi connectivity index (χ2n) is 7.86. The van der Waals surface area contributed by atoms with Crippen molar-refractivity contribution in [3.05, 3.63) is 48.0 Å². The fourth-order valence-electron chi connectivity index (χ4n) is 4.30. The highest BCUT2D eigenvalue weighted by Crippen LogP contribution is 2.49. The van der Waals surface area contributed by atoms with Crippen LogP contribution >= 0.6 is 0 Å². The van der Waals surface area contributed by atoms with Gasteiger partial charge in [-0.25, -0.2) is 0 Å². The van der Waals surface area contributed by atoms with Gasteiger partial charge in [-0.1, -0.05) is 6.07 Å². The quantitative estimate of drug-likeness (QED) is 0.889. The first-order valence-electron chi connectivity index (χ1n) is 9.50. The lowest BCUT2D eigenvalue weighted by Crippen LogP contribution is -2.55. The molecule has 0 aromatic carbocycles. The third kappa shape index (κ3) is 3.86. The summed E-state index contributed by atoms with van der Waals surface area (Å²) in [6.07, 6.45) is 9.45.